The molecule has 18 heavy (non-hydrogen) atoms. The first-order valence-electron chi connectivity index (χ1n) is 7.40. The van der Waals surface area contributed by atoms with Crippen molar-refractivity contribution in [1.29, 1.82) is 0 Å². The number of nitrogens with one attached hydrogen (secondary N) is 1. The van der Waals surface area contributed by atoms with Crippen LogP contribution in [0.5, 0.6) is 0 Å². The first-order chi connectivity index (χ1) is 8.77. The van der Waals surface area contributed by atoms with Crippen LogP contribution in [0.2, 0.25) is 0 Å². The van der Waals surface area contributed by atoms with Gasteiger partial charge >= 0.3 is 0 Å². The fourth-order valence-corrected chi connectivity index (χ4v) is 2.93. The van der Waals surface area contributed by atoms with Gasteiger partial charge in [0.15, 0.2) is 0 Å². The van der Waals surface area contributed by atoms with Gasteiger partial charge in [-0.05, 0) is 49.8 Å². The summed E-state index contributed by atoms with van der Waals surface area (Å²) < 4.78 is 0. The minimum atomic E-state index is 0.628. The van der Waals surface area contributed by atoms with Crippen molar-refractivity contribution in [3.05, 3.63) is 29.6 Å². The Morgan fingerprint density at radius 2 is 2.00 bits per heavy atom. The van der Waals surface area contributed by atoms with Gasteiger partial charge in [0.2, 0.25) is 0 Å². The topological polar surface area (TPSA) is 24.9 Å². The van der Waals surface area contributed by atoms with Gasteiger partial charge in [-0.2, -0.15) is 0 Å². The smallest absolute Gasteiger partial charge is 0.0315 e. The third-order valence-electron chi connectivity index (χ3n) is 4.37. The summed E-state index contributed by atoms with van der Waals surface area (Å²) in [6.07, 6.45) is 12.4. The van der Waals surface area contributed by atoms with Gasteiger partial charge in [-0.3, -0.25) is 4.98 Å². The Balaban J connectivity index is 1.83. The van der Waals surface area contributed by atoms with Crippen LogP contribution >= 0.6 is 0 Å². The summed E-state index contributed by atoms with van der Waals surface area (Å²) in [6, 6.07) is 2.72. The van der Waals surface area contributed by atoms with Gasteiger partial charge < -0.3 is 5.32 Å². The molecule has 1 atom stereocenters. The molecule has 0 bridgehead atoms. The quantitative estimate of drug-likeness (QED) is 0.817. The van der Waals surface area contributed by atoms with E-state index in [4.69, 9.17) is 0 Å². The summed E-state index contributed by atoms with van der Waals surface area (Å²) in [6.45, 7) is 5.47. The largest absolute Gasteiger partial charge is 0.310 e. The van der Waals surface area contributed by atoms with Crippen LogP contribution < -0.4 is 5.32 Å². The first kappa shape index (κ1) is 13.5. The predicted octanol–water partition coefficient (Wildman–Crippen LogP) is 3.84. The van der Waals surface area contributed by atoms with Gasteiger partial charge in [0, 0.05) is 25.0 Å². The number of nitrogens with zero attached hydrogens (tertiary/aromatic N) is 1. The summed E-state index contributed by atoms with van der Waals surface area (Å²) in [5.41, 5.74) is 2.67. The third-order valence-corrected chi connectivity index (χ3v) is 4.37. The molecule has 1 fully saturated rings. The van der Waals surface area contributed by atoms with Crippen LogP contribution in [0.25, 0.3) is 0 Å². The SMILES string of the molecule is Cc1ccncc1CN[C@@H](C)C1CCCCCC1. The van der Waals surface area contributed by atoms with E-state index in [1.807, 2.05) is 12.4 Å². The van der Waals surface area contributed by atoms with Gasteiger partial charge in [0.25, 0.3) is 0 Å². The van der Waals surface area contributed by atoms with Gasteiger partial charge in [-0.15, -0.1) is 0 Å². The second-order valence-electron chi connectivity index (χ2n) is 5.72. The summed E-state index contributed by atoms with van der Waals surface area (Å²) in [7, 11) is 0. The Morgan fingerprint density at radius 1 is 1.28 bits per heavy atom. The lowest BCUT2D eigenvalue weighted by Gasteiger charge is -2.24. The number of aromatic nitrogens is 1. The Bertz CT molecular complexity index is 354. The van der Waals surface area contributed by atoms with Crippen molar-refractivity contribution in [2.75, 3.05) is 0 Å². The molecular weight excluding hydrogens is 220 g/mol. The van der Waals surface area contributed by atoms with Gasteiger partial charge in [-0.1, -0.05) is 25.7 Å². The fraction of sp³-hybridized carbons (Fsp3) is 0.688. The van der Waals surface area contributed by atoms with Crippen LogP contribution in [0.4, 0.5) is 0 Å². The molecule has 0 spiro atoms. The Morgan fingerprint density at radius 3 is 2.67 bits per heavy atom. The molecule has 0 aliphatic heterocycles. The molecule has 1 aromatic heterocycles. The van der Waals surface area contributed by atoms with Crippen LogP contribution in [0.15, 0.2) is 18.5 Å². The van der Waals surface area contributed by atoms with Crippen molar-refractivity contribution in [3.63, 3.8) is 0 Å². The molecule has 0 aromatic carbocycles. The maximum absolute atomic E-state index is 4.21. The number of aryl methyl sites for hydroxylation is 1. The van der Waals surface area contributed by atoms with E-state index >= 15 is 0 Å². The van der Waals surface area contributed by atoms with Gasteiger partial charge in [0.05, 0.1) is 0 Å². The summed E-state index contributed by atoms with van der Waals surface area (Å²) in [4.78, 5) is 4.21. The number of rotatable bonds is 4. The summed E-state index contributed by atoms with van der Waals surface area (Å²) in [5.74, 6) is 0.865. The van der Waals surface area contributed by atoms with Crippen molar-refractivity contribution < 1.29 is 0 Å². The van der Waals surface area contributed by atoms with E-state index in [-0.39, 0.29) is 0 Å². The molecule has 1 aromatic rings. The van der Waals surface area contributed by atoms with Crippen LogP contribution in [-0.2, 0) is 6.54 Å². The van der Waals surface area contributed by atoms with Crippen LogP contribution in [-0.4, -0.2) is 11.0 Å². The standard InChI is InChI=1S/C16H26N2/c1-13-9-10-17-11-16(13)12-18-14(2)15-7-5-3-4-6-8-15/h9-11,14-15,18H,3-8,12H2,1-2H3/t14-/m0/s1. The number of hydrogen-bond donors (Lipinski definition) is 1. The Hall–Kier alpha value is -0.890. The molecule has 0 amide bonds. The van der Waals surface area contributed by atoms with Crippen LogP contribution in [0.3, 0.4) is 0 Å². The molecule has 0 unspecified atom stereocenters. The average Bonchev–Trinajstić information content (AvgIpc) is 2.66. The minimum absolute atomic E-state index is 0.628. The Kier molecular flexibility index (Phi) is 5.18. The zero-order chi connectivity index (χ0) is 12.8. The maximum Gasteiger partial charge on any atom is 0.0315 e. The van der Waals surface area contributed by atoms with Gasteiger partial charge in [0.1, 0.15) is 0 Å². The fourth-order valence-electron chi connectivity index (χ4n) is 2.93. The normalized spacial score (nSPS) is 19.4. The highest BCUT2D eigenvalue weighted by Crippen LogP contribution is 2.25. The van der Waals surface area contributed by atoms with Crippen LogP contribution in [0.1, 0.15) is 56.6 Å². The molecule has 1 saturated carbocycles. The molecule has 1 aliphatic carbocycles. The maximum atomic E-state index is 4.21. The van der Waals surface area contributed by atoms with E-state index < -0.39 is 0 Å². The van der Waals surface area contributed by atoms with Crippen molar-refractivity contribution in [3.8, 4) is 0 Å². The van der Waals surface area contributed by atoms with Crippen molar-refractivity contribution in [2.24, 2.45) is 5.92 Å². The van der Waals surface area contributed by atoms with E-state index in [0.29, 0.717) is 6.04 Å². The molecule has 1 aliphatic rings. The minimum Gasteiger partial charge on any atom is -0.310 e. The van der Waals surface area contributed by atoms with Crippen molar-refractivity contribution >= 4 is 0 Å². The van der Waals surface area contributed by atoms with Gasteiger partial charge in [-0.25, -0.2) is 0 Å². The molecule has 1 heterocycles. The van der Waals surface area contributed by atoms with E-state index in [0.717, 1.165) is 12.5 Å². The third kappa shape index (κ3) is 3.81. The lowest BCUT2D eigenvalue weighted by Crippen LogP contribution is -2.33. The molecular formula is C16H26N2. The molecule has 2 nitrogen and oxygen atoms in total. The molecule has 2 rings (SSSR count). The van der Waals surface area contributed by atoms with Crippen molar-refractivity contribution in [2.45, 2.75) is 65.0 Å². The average molecular weight is 246 g/mol. The molecule has 1 N–H and O–H groups in total. The molecule has 100 valence electrons. The number of hydrogen-bond acceptors (Lipinski definition) is 2. The summed E-state index contributed by atoms with van der Waals surface area (Å²) >= 11 is 0. The highest BCUT2D eigenvalue weighted by atomic mass is 14.9. The molecule has 2 heteroatoms. The highest BCUT2D eigenvalue weighted by molar-refractivity contribution is 5.21. The number of pyridine rings is 1. The second-order valence-corrected chi connectivity index (χ2v) is 5.72. The monoisotopic (exact) mass is 246 g/mol. The second kappa shape index (κ2) is 6.89. The zero-order valence-electron chi connectivity index (χ0n) is 11.8. The lowest BCUT2D eigenvalue weighted by atomic mass is 9.93. The van der Waals surface area contributed by atoms with E-state index in [9.17, 15) is 0 Å². The summed E-state index contributed by atoms with van der Waals surface area (Å²) in [5, 5.41) is 3.70. The van der Waals surface area contributed by atoms with E-state index in [1.54, 1.807) is 0 Å². The zero-order valence-corrected chi connectivity index (χ0v) is 11.8. The Labute approximate surface area is 111 Å². The predicted molar refractivity (Wildman–Crippen MR) is 76.5 cm³/mol. The van der Waals surface area contributed by atoms with Crippen LogP contribution in [0, 0.1) is 12.8 Å². The molecule has 0 saturated heterocycles. The first-order valence-corrected chi connectivity index (χ1v) is 7.40. The highest BCUT2D eigenvalue weighted by Gasteiger charge is 2.18. The molecule has 0 radical (unpaired) electrons. The lowest BCUT2D eigenvalue weighted by molar-refractivity contribution is 0.336. The van der Waals surface area contributed by atoms with E-state index in [1.165, 1.54) is 49.7 Å². The van der Waals surface area contributed by atoms with E-state index in [2.05, 4.69) is 30.2 Å². The van der Waals surface area contributed by atoms with Crippen molar-refractivity contribution in [1.82, 2.24) is 10.3 Å².